The van der Waals surface area contributed by atoms with Gasteiger partial charge in [0, 0.05) is 12.6 Å². The summed E-state index contributed by atoms with van der Waals surface area (Å²) in [6.07, 6.45) is 3.72. The lowest BCUT2D eigenvalue weighted by atomic mass is 10.4. The molecule has 1 saturated heterocycles. The van der Waals surface area contributed by atoms with Gasteiger partial charge in [0.05, 0.1) is 0 Å². The lowest BCUT2D eigenvalue weighted by Crippen LogP contribution is -2.40. The van der Waals surface area contributed by atoms with Crippen molar-refractivity contribution in [3.05, 3.63) is 0 Å². The third-order valence-corrected chi connectivity index (χ3v) is 2.56. The number of carbonyl (C=O) groups is 1. The van der Waals surface area contributed by atoms with Crippen molar-refractivity contribution in [3.8, 4) is 0 Å². The van der Waals surface area contributed by atoms with Crippen molar-refractivity contribution in [3.63, 3.8) is 0 Å². The Bertz CT molecular complexity index is 188. The number of likely N-dealkylation sites (tertiary alicyclic amines) is 1. The first-order valence-corrected chi connectivity index (χ1v) is 5.95. The van der Waals surface area contributed by atoms with Crippen LogP contribution in [0.2, 0.25) is 0 Å². The molecule has 2 amide bonds. The second-order valence-electron chi connectivity index (χ2n) is 4.46. The topological polar surface area (TPSA) is 44.4 Å². The summed E-state index contributed by atoms with van der Waals surface area (Å²) in [5, 5.41) is 5.67. The van der Waals surface area contributed by atoms with E-state index in [4.69, 9.17) is 0 Å². The first-order chi connectivity index (χ1) is 7.18. The van der Waals surface area contributed by atoms with Gasteiger partial charge in [0.15, 0.2) is 0 Å². The number of urea groups is 1. The molecule has 1 fully saturated rings. The maximum absolute atomic E-state index is 11.2. The molecule has 1 aliphatic rings. The molecular weight excluding hydrogens is 190 g/mol. The van der Waals surface area contributed by atoms with Crippen molar-refractivity contribution >= 4 is 6.03 Å². The number of amides is 2. The summed E-state index contributed by atoms with van der Waals surface area (Å²) in [6, 6.07) is 0.162. The lowest BCUT2D eigenvalue weighted by Gasteiger charge is -2.15. The van der Waals surface area contributed by atoms with Crippen LogP contribution in [0.5, 0.6) is 0 Å². The Kier molecular flexibility index (Phi) is 5.47. The Morgan fingerprint density at radius 1 is 1.33 bits per heavy atom. The molecule has 0 bridgehead atoms. The summed E-state index contributed by atoms with van der Waals surface area (Å²) >= 11 is 0. The minimum absolute atomic E-state index is 0.0496. The third-order valence-electron chi connectivity index (χ3n) is 2.56. The highest BCUT2D eigenvalue weighted by molar-refractivity contribution is 5.73. The van der Waals surface area contributed by atoms with E-state index in [1.54, 1.807) is 0 Å². The smallest absolute Gasteiger partial charge is 0.314 e. The molecule has 88 valence electrons. The molecule has 0 saturated carbocycles. The SMILES string of the molecule is CC(C)NC(=O)NCCCN1CCCC1. The van der Waals surface area contributed by atoms with Crippen LogP contribution in [0, 0.1) is 0 Å². The van der Waals surface area contributed by atoms with Crippen molar-refractivity contribution < 1.29 is 4.79 Å². The molecule has 1 heterocycles. The highest BCUT2D eigenvalue weighted by Gasteiger charge is 2.10. The minimum atomic E-state index is -0.0496. The van der Waals surface area contributed by atoms with Gasteiger partial charge < -0.3 is 15.5 Å². The summed E-state index contributed by atoms with van der Waals surface area (Å²) in [5.41, 5.74) is 0. The molecular formula is C11H23N3O. The molecule has 4 heteroatoms. The average molecular weight is 213 g/mol. The van der Waals surface area contributed by atoms with E-state index >= 15 is 0 Å². The summed E-state index contributed by atoms with van der Waals surface area (Å²) in [6.45, 7) is 8.28. The fraction of sp³-hybridized carbons (Fsp3) is 0.909. The Labute approximate surface area is 92.4 Å². The quantitative estimate of drug-likeness (QED) is 0.674. The van der Waals surface area contributed by atoms with Gasteiger partial charge in [0.1, 0.15) is 0 Å². The van der Waals surface area contributed by atoms with Crippen LogP contribution in [-0.2, 0) is 0 Å². The van der Waals surface area contributed by atoms with Gasteiger partial charge in [-0.05, 0) is 52.7 Å². The van der Waals surface area contributed by atoms with Gasteiger partial charge >= 0.3 is 6.03 Å². The van der Waals surface area contributed by atoms with Crippen molar-refractivity contribution in [2.75, 3.05) is 26.2 Å². The van der Waals surface area contributed by atoms with Crippen LogP contribution in [0.3, 0.4) is 0 Å². The number of hydrogen-bond donors (Lipinski definition) is 2. The first kappa shape index (κ1) is 12.3. The zero-order valence-corrected chi connectivity index (χ0v) is 9.88. The van der Waals surface area contributed by atoms with Gasteiger partial charge in [0.25, 0.3) is 0 Å². The van der Waals surface area contributed by atoms with Crippen LogP contribution in [0.1, 0.15) is 33.1 Å². The largest absolute Gasteiger partial charge is 0.338 e. The van der Waals surface area contributed by atoms with Crippen LogP contribution in [0.25, 0.3) is 0 Å². The van der Waals surface area contributed by atoms with Gasteiger partial charge in [0.2, 0.25) is 0 Å². The molecule has 1 aliphatic heterocycles. The number of carbonyl (C=O) groups excluding carboxylic acids is 1. The normalized spacial score (nSPS) is 17.0. The number of hydrogen-bond acceptors (Lipinski definition) is 2. The highest BCUT2D eigenvalue weighted by Crippen LogP contribution is 2.06. The van der Waals surface area contributed by atoms with Gasteiger partial charge in [-0.25, -0.2) is 4.79 Å². The van der Waals surface area contributed by atoms with E-state index in [-0.39, 0.29) is 12.1 Å². The van der Waals surface area contributed by atoms with Crippen LogP contribution in [0.15, 0.2) is 0 Å². The second-order valence-corrected chi connectivity index (χ2v) is 4.46. The second kappa shape index (κ2) is 6.67. The van der Waals surface area contributed by atoms with E-state index in [9.17, 15) is 4.79 Å². The molecule has 1 rings (SSSR count). The number of nitrogens with zero attached hydrogens (tertiary/aromatic N) is 1. The van der Waals surface area contributed by atoms with E-state index in [0.29, 0.717) is 0 Å². The number of rotatable bonds is 5. The van der Waals surface area contributed by atoms with Crippen LogP contribution < -0.4 is 10.6 Å². The average Bonchev–Trinajstić information content (AvgIpc) is 2.63. The molecule has 0 spiro atoms. The zero-order chi connectivity index (χ0) is 11.1. The van der Waals surface area contributed by atoms with Crippen molar-refractivity contribution in [1.82, 2.24) is 15.5 Å². The van der Waals surface area contributed by atoms with Gasteiger partial charge in [-0.15, -0.1) is 0 Å². The van der Waals surface area contributed by atoms with Crippen molar-refractivity contribution in [1.29, 1.82) is 0 Å². The Balaban J connectivity index is 1.94. The van der Waals surface area contributed by atoms with Gasteiger partial charge in [-0.3, -0.25) is 0 Å². The summed E-state index contributed by atoms with van der Waals surface area (Å²) in [7, 11) is 0. The maximum Gasteiger partial charge on any atom is 0.314 e. The standard InChI is InChI=1S/C11H23N3O/c1-10(2)13-11(15)12-6-5-9-14-7-3-4-8-14/h10H,3-9H2,1-2H3,(H2,12,13,15). The van der Waals surface area contributed by atoms with Crippen molar-refractivity contribution in [2.24, 2.45) is 0 Å². The van der Waals surface area contributed by atoms with Crippen LogP contribution in [0.4, 0.5) is 4.79 Å². The van der Waals surface area contributed by atoms with E-state index < -0.39 is 0 Å². The molecule has 0 radical (unpaired) electrons. The molecule has 2 N–H and O–H groups in total. The highest BCUT2D eigenvalue weighted by atomic mass is 16.2. The molecule has 0 atom stereocenters. The third kappa shape index (κ3) is 5.62. The fourth-order valence-electron chi connectivity index (χ4n) is 1.82. The molecule has 0 aromatic heterocycles. The minimum Gasteiger partial charge on any atom is -0.338 e. The Hall–Kier alpha value is -0.770. The van der Waals surface area contributed by atoms with E-state index in [1.807, 2.05) is 13.8 Å². The predicted molar refractivity (Wildman–Crippen MR) is 62.0 cm³/mol. The summed E-state index contributed by atoms with van der Waals surface area (Å²) < 4.78 is 0. The van der Waals surface area contributed by atoms with Gasteiger partial charge in [-0.1, -0.05) is 0 Å². The molecule has 0 aromatic carbocycles. The van der Waals surface area contributed by atoms with Crippen molar-refractivity contribution in [2.45, 2.75) is 39.2 Å². The molecule has 0 aliphatic carbocycles. The molecule has 4 nitrogen and oxygen atoms in total. The van der Waals surface area contributed by atoms with Gasteiger partial charge in [-0.2, -0.15) is 0 Å². The fourth-order valence-corrected chi connectivity index (χ4v) is 1.82. The predicted octanol–water partition coefficient (Wildman–Crippen LogP) is 1.18. The van der Waals surface area contributed by atoms with E-state index in [0.717, 1.165) is 19.5 Å². The maximum atomic E-state index is 11.2. The molecule has 0 unspecified atom stereocenters. The summed E-state index contributed by atoms with van der Waals surface area (Å²) in [5.74, 6) is 0. The van der Waals surface area contributed by atoms with Crippen LogP contribution in [-0.4, -0.2) is 43.2 Å². The first-order valence-electron chi connectivity index (χ1n) is 5.95. The number of nitrogens with one attached hydrogen (secondary N) is 2. The summed E-state index contributed by atoms with van der Waals surface area (Å²) in [4.78, 5) is 13.7. The lowest BCUT2D eigenvalue weighted by molar-refractivity contribution is 0.237. The zero-order valence-electron chi connectivity index (χ0n) is 9.88. The Morgan fingerprint density at radius 2 is 2.00 bits per heavy atom. The van der Waals surface area contributed by atoms with Crippen LogP contribution >= 0.6 is 0 Å². The molecule has 0 aromatic rings. The van der Waals surface area contributed by atoms with E-state index in [2.05, 4.69) is 15.5 Å². The Morgan fingerprint density at radius 3 is 2.60 bits per heavy atom. The molecule has 15 heavy (non-hydrogen) atoms. The van der Waals surface area contributed by atoms with E-state index in [1.165, 1.54) is 25.9 Å². The monoisotopic (exact) mass is 213 g/mol.